The number of amides is 2. The number of nitrogens with zero attached hydrogens (tertiary/aromatic N) is 3. The van der Waals surface area contributed by atoms with Gasteiger partial charge in [-0.05, 0) is 30.7 Å². The van der Waals surface area contributed by atoms with Gasteiger partial charge in [-0.25, -0.2) is 0 Å². The van der Waals surface area contributed by atoms with Crippen molar-refractivity contribution >= 4 is 35.3 Å². The number of hydrogen-bond acceptors (Lipinski definition) is 5. The van der Waals surface area contributed by atoms with Gasteiger partial charge in [0.2, 0.25) is 0 Å². The number of hydrazone groups is 1. The van der Waals surface area contributed by atoms with Crippen molar-refractivity contribution in [1.29, 1.82) is 0 Å². The second-order valence-corrected chi connectivity index (χ2v) is 6.94. The maximum atomic E-state index is 12.6. The minimum Gasteiger partial charge on any atom is -0.272 e. The SMILES string of the molecule is O=C1[C@H]2[C@H](C(=O)N1/N=C\c1cc([N+](=O)[O-])ccc1Cl)[C@H]1C=C[C@H]2CC1. The summed E-state index contributed by atoms with van der Waals surface area (Å²) in [6, 6.07) is 3.93. The Morgan fingerprint density at radius 3 is 2.28 bits per heavy atom. The fourth-order valence-corrected chi connectivity index (χ4v) is 4.20. The highest BCUT2D eigenvalue weighted by atomic mass is 35.5. The average molecular weight is 360 g/mol. The number of nitro benzene ring substituents is 1. The Hall–Kier alpha value is -2.54. The molecule has 1 aromatic carbocycles. The maximum absolute atomic E-state index is 12.6. The molecule has 0 aromatic heterocycles. The molecule has 7 nitrogen and oxygen atoms in total. The van der Waals surface area contributed by atoms with E-state index in [0.29, 0.717) is 0 Å². The lowest BCUT2D eigenvalue weighted by atomic mass is 9.63. The third kappa shape index (κ3) is 2.46. The smallest absolute Gasteiger partial charge is 0.270 e. The second-order valence-electron chi connectivity index (χ2n) is 6.54. The Morgan fingerprint density at radius 2 is 1.76 bits per heavy atom. The summed E-state index contributed by atoms with van der Waals surface area (Å²) in [4.78, 5) is 35.6. The van der Waals surface area contributed by atoms with Crippen molar-refractivity contribution in [1.82, 2.24) is 5.01 Å². The van der Waals surface area contributed by atoms with Crippen LogP contribution in [0.3, 0.4) is 0 Å². The molecule has 2 fully saturated rings. The van der Waals surface area contributed by atoms with Gasteiger partial charge in [0, 0.05) is 22.7 Å². The fourth-order valence-electron chi connectivity index (χ4n) is 4.04. The van der Waals surface area contributed by atoms with Gasteiger partial charge in [-0.15, -0.1) is 0 Å². The first-order valence-corrected chi connectivity index (χ1v) is 8.39. The Morgan fingerprint density at radius 1 is 1.16 bits per heavy atom. The van der Waals surface area contributed by atoms with Gasteiger partial charge in [0.25, 0.3) is 17.5 Å². The molecular weight excluding hydrogens is 346 g/mol. The zero-order valence-corrected chi connectivity index (χ0v) is 13.8. The number of nitro groups is 1. The van der Waals surface area contributed by atoms with Crippen LogP contribution in [0.15, 0.2) is 35.5 Å². The standard InChI is InChI=1S/C17H14ClN3O4/c18-13-6-5-12(21(24)25)7-11(13)8-19-20-16(22)14-9-1-2-10(4-3-9)15(14)17(20)23/h1-2,5-10,14-15H,3-4H2/b19-8-/t9-,10-,14+,15+/m0/s1. The quantitative estimate of drug-likeness (QED) is 0.273. The summed E-state index contributed by atoms with van der Waals surface area (Å²) >= 11 is 6.03. The van der Waals surface area contributed by atoms with Crippen LogP contribution in [0.4, 0.5) is 5.69 Å². The number of benzene rings is 1. The van der Waals surface area contributed by atoms with E-state index in [-0.39, 0.29) is 51.8 Å². The predicted molar refractivity (Wildman–Crippen MR) is 89.9 cm³/mol. The Labute approximate surface area is 148 Å². The van der Waals surface area contributed by atoms with Crippen molar-refractivity contribution in [3.8, 4) is 0 Å². The molecule has 0 unspecified atom stereocenters. The molecule has 2 amide bonds. The summed E-state index contributed by atoms with van der Waals surface area (Å²) in [6.07, 6.45) is 7.12. The van der Waals surface area contributed by atoms with E-state index in [4.69, 9.17) is 11.6 Å². The lowest BCUT2D eigenvalue weighted by Gasteiger charge is -2.37. The van der Waals surface area contributed by atoms with Crippen LogP contribution < -0.4 is 0 Å². The van der Waals surface area contributed by atoms with Crippen LogP contribution in [0, 0.1) is 33.8 Å². The molecule has 0 N–H and O–H groups in total. The van der Waals surface area contributed by atoms with Gasteiger partial charge >= 0.3 is 0 Å². The lowest BCUT2D eigenvalue weighted by Crippen LogP contribution is -2.38. The summed E-state index contributed by atoms with van der Waals surface area (Å²) in [6.45, 7) is 0. The molecule has 1 aliphatic heterocycles. The molecule has 3 aliphatic carbocycles. The number of rotatable bonds is 3. The molecule has 1 heterocycles. The van der Waals surface area contributed by atoms with Gasteiger partial charge in [0.05, 0.1) is 23.0 Å². The summed E-state index contributed by atoms with van der Waals surface area (Å²) in [7, 11) is 0. The van der Waals surface area contributed by atoms with Gasteiger partial charge in [-0.2, -0.15) is 10.1 Å². The Balaban J connectivity index is 1.63. The molecular formula is C17H14ClN3O4. The van der Waals surface area contributed by atoms with Crippen LogP contribution in [0.25, 0.3) is 0 Å². The molecule has 128 valence electrons. The van der Waals surface area contributed by atoms with E-state index in [1.807, 2.05) is 12.2 Å². The Bertz CT molecular complexity index is 818. The van der Waals surface area contributed by atoms with Crippen molar-refractivity contribution in [2.45, 2.75) is 12.8 Å². The van der Waals surface area contributed by atoms with Crippen molar-refractivity contribution in [3.05, 3.63) is 51.1 Å². The van der Waals surface area contributed by atoms with E-state index < -0.39 is 4.92 Å². The summed E-state index contributed by atoms with van der Waals surface area (Å²) in [5.74, 6) is -1.09. The van der Waals surface area contributed by atoms with Crippen molar-refractivity contribution in [2.24, 2.45) is 28.8 Å². The van der Waals surface area contributed by atoms with Crippen molar-refractivity contribution in [2.75, 3.05) is 0 Å². The number of fused-ring (bicyclic) bond motifs is 1. The van der Waals surface area contributed by atoms with E-state index in [1.54, 1.807) is 0 Å². The first-order valence-electron chi connectivity index (χ1n) is 8.01. The molecule has 2 bridgehead atoms. The van der Waals surface area contributed by atoms with Gasteiger partial charge < -0.3 is 0 Å². The summed E-state index contributed by atoms with van der Waals surface area (Å²) in [5.41, 5.74) is 0.147. The highest BCUT2D eigenvalue weighted by molar-refractivity contribution is 6.33. The van der Waals surface area contributed by atoms with Crippen LogP contribution in [-0.2, 0) is 9.59 Å². The van der Waals surface area contributed by atoms with Gasteiger partial charge in [-0.3, -0.25) is 19.7 Å². The summed E-state index contributed by atoms with van der Waals surface area (Å²) < 4.78 is 0. The molecule has 4 aliphatic rings. The maximum Gasteiger partial charge on any atom is 0.270 e. The zero-order chi connectivity index (χ0) is 17.7. The molecule has 5 rings (SSSR count). The number of non-ortho nitro benzene ring substituents is 1. The topological polar surface area (TPSA) is 92.9 Å². The molecule has 0 spiro atoms. The first-order chi connectivity index (χ1) is 12.0. The second kappa shape index (κ2) is 5.77. The van der Waals surface area contributed by atoms with Crippen LogP contribution in [0.1, 0.15) is 18.4 Å². The highest BCUT2D eigenvalue weighted by Crippen LogP contribution is 2.49. The van der Waals surface area contributed by atoms with Gasteiger partial charge in [-0.1, -0.05) is 23.8 Å². The predicted octanol–water partition coefficient (Wildman–Crippen LogP) is 2.78. The number of carbonyl (C=O) groups excluding carboxylic acids is 2. The number of allylic oxidation sites excluding steroid dienone is 2. The van der Waals surface area contributed by atoms with Crippen LogP contribution >= 0.6 is 11.6 Å². The molecule has 4 atom stereocenters. The van der Waals surface area contributed by atoms with Crippen molar-refractivity contribution < 1.29 is 14.5 Å². The average Bonchev–Trinajstić information content (AvgIpc) is 2.88. The fraction of sp³-hybridized carbons (Fsp3) is 0.353. The van der Waals surface area contributed by atoms with Crippen LogP contribution in [0.5, 0.6) is 0 Å². The number of carbonyl (C=O) groups is 2. The molecule has 8 heteroatoms. The van der Waals surface area contributed by atoms with E-state index in [2.05, 4.69) is 5.10 Å². The van der Waals surface area contributed by atoms with Crippen LogP contribution in [0.2, 0.25) is 5.02 Å². The number of imide groups is 1. The molecule has 1 aromatic rings. The molecule has 0 radical (unpaired) electrons. The van der Waals surface area contributed by atoms with E-state index in [1.165, 1.54) is 24.4 Å². The zero-order valence-electron chi connectivity index (χ0n) is 13.0. The third-order valence-electron chi connectivity index (χ3n) is 5.24. The van der Waals surface area contributed by atoms with E-state index in [9.17, 15) is 19.7 Å². The van der Waals surface area contributed by atoms with Crippen LogP contribution in [-0.4, -0.2) is 28.0 Å². The minimum absolute atomic E-state index is 0.0908. The minimum atomic E-state index is -0.544. The molecule has 1 saturated carbocycles. The first kappa shape index (κ1) is 16.0. The number of hydrogen-bond donors (Lipinski definition) is 0. The number of halogens is 1. The molecule has 1 saturated heterocycles. The third-order valence-corrected chi connectivity index (χ3v) is 5.58. The van der Waals surface area contributed by atoms with Crippen molar-refractivity contribution in [3.63, 3.8) is 0 Å². The highest BCUT2D eigenvalue weighted by Gasteiger charge is 2.56. The Kier molecular flexibility index (Phi) is 3.68. The van der Waals surface area contributed by atoms with E-state index >= 15 is 0 Å². The van der Waals surface area contributed by atoms with E-state index in [0.717, 1.165) is 17.9 Å². The lowest BCUT2D eigenvalue weighted by molar-refractivity contribution is -0.384. The molecule has 25 heavy (non-hydrogen) atoms. The monoisotopic (exact) mass is 359 g/mol. The summed E-state index contributed by atoms with van der Waals surface area (Å²) in [5, 5.41) is 16.0. The van der Waals surface area contributed by atoms with Gasteiger partial charge in [0.15, 0.2) is 0 Å². The van der Waals surface area contributed by atoms with Gasteiger partial charge in [0.1, 0.15) is 0 Å². The normalized spacial score (nSPS) is 30.4. The largest absolute Gasteiger partial charge is 0.272 e.